The maximum Gasteiger partial charge on any atom is 0.261 e. The summed E-state index contributed by atoms with van der Waals surface area (Å²) in [6, 6.07) is 5.59. The number of amides is 2. The van der Waals surface area contributed by atoms with Gasteiger partial charge < -0.3 is 16.2 Å². The molecule has 4 N–H and O–H groups in total. The van der Waals surface area contributed by atoms with Crippen LogP contribution in [-0.4, -0.2) is 22.4 Å². The van der Waals surface area contributed by atoms with E-state index in [1.54, 1.807) is 6.92 Å². The first-order valence-electron chi connectivity index (χ1n) is 6.70. The summed E-state index contributed by atoms with van der Waals surface area (Å²) in [7, 11) is 0. The molecule has 1 aromatic rings. The molecule has 0 aliphatic carbocycles. The number of primary amides is 2. The van der Waals surface area contributed by atoms with Crippen molar-refractivity contribution in [3.63, 3.8) is 0 Å². The van der Waals surface area contributed by atoms with Gasteiger partial charge in [-0.15, -0.1) is 0 Å². The summed E-state index contributed by atoms with van der Waals surface area (Å²) in [6.07, 6.45) is 0.0865. The van der Waals surface area contributed by atoms with Gasteiger partial charge in [0.25, 0.3) is 5.91 Å². The van der Waals surface area contributed by atoms with Crippen LogP contribution in [0.2, 0.25) is 0 Å². The largest absolute Gasteiger partial charge is 0.481 e. The number of aromatic nitrogens is 1. The molecule has 1 aliphatic rings. The summed E-state index contributed by atoms with van der Waals surface area (Å²) in [4.78, 5) is 27.6. The number of pyridine rings is 1. The molecule has 2 rings (SSSR count). The Morgan fingerprint density at radius 2 is 2.05 bits per heavy atom. The van der Waals surface area contributed by atoms with Crippen molar-refractivity contribution in [2.45, 2.75) is 38.7 Å². The minimum Gasteiger partial charge on any atom is -0.481 e. The van der Waals surface area contributed by atoms with E-state index in [-0.39, 0.29) is 12.3 Å². The molecular formula is C15H19N3O3. The van der Waals surface area contributed by atoms with Crippen molar-refractivity contribution in [2.24, 2.45) is 11.5 Å². The van der Waals surface area contributed by atoms with Gasteiger partial charge >= 0.3 is 0 Å². The molecule has 2 heterocycles. The monoisotopic (exact) mass is 289 g/mol. The Kier molecular flexibility index (Phi) is 3.72. The predicted octanol–water partition coefficient (Wildman–Crippen LogP) is 0.897. The van der Waals surface area contributed by atoms with Crippen LogP contribution in [0.15, 0.2) is 29.5 Å². The van der Waals surface area contributed by atoms with E-state index < -0.39 is 17.4 Å². The molecule has 0 saturated carbocycles. The van der Waals surface area contributed by atoms with Crippen LogP contribution in [0.1, 0.15) is 37.6 Å². The van der Waals surface area contributed by atoms with E-state index in [1.807, 2.05) is 32.0 Å². The number of rotatable bonds is 4. The van der Waals surface area contributed by atoms with Crippen LogP contribution < -0.4 is 11.5 Å². The quantitative estimate of drug-likeness (QED) is 0.858. The molecule has 2 atom stereocenters. The third-order valence-electron chi connectivity index (χ3n) is 3.71. The van der Waals surface area contributed by atoms with Gasteiger partial charge in [-0.1, -0.05) is 6.07 Å². The fourth-order valence-corrected chi connectivity index (χ4v) is 2.40. The van der Waals surface area contributed by atoms with Gasteiger partial charge in [0.05, 0.1) is 17.2 Å². The molecule has 6 nitrogen and oxygen atoms in total. The highest BCUT2D eigenvalue weighted by molar-refractivity contribution is 5.96. The number of carbonyl (C=O) groups is 2. The Balaban J connectivity index is 2.41. The van der Waals surface area contributed by atoms with Crippen LogP contribution in [0.5, 0.6) is 0 Å². The number of hydrogen-bond acceptors (Lipinski definition) is 4. The molecule has 0 bridgehead atoms. The molecule has 0 saturated heterocycles. The van der Waals surface area contributed by atoms with Gasteiger partial charge in [-0.25, -0.2) is 0 Å². The second-order valence-corrected chi connectivity index (χ2v) is 5.51. The first-order chi connectivity index (χ1) is 9.74. The van der Waals surface area contributed by atoms with Crippen LogP contribution in [-0.2, 0) is 14.3 Å². The first kappa shape index (κ1) is 15.0. The van der Waals surface area contributed by atoms with Crippen LogP contribution in [0.3, 0.4) is 0 Å². The molecular weight excluding hydrogens is 270 g/mol. The summed E-state index contributed by atoms with van der Waals surface area (Å²) in [6.45, 7) is 5.29. The van der Waals surface area contributed by atoms with Crippen molar-refractivity contribution in [3.8, 4) is 0 Å². The van der Waals surface area contributed by atoms with E-state index >= 15 is 0 Å². The molecule has 0 radical (unpaired) electrons. The van der Waals surface area contributed by atoms with Crippen molar-refractivity contribution >= 4 is 11.8 Å². The maximum atomic E-state index is 11.6. The minimum atomic E-state index is -1.24. The normalized spacial score (nSPS) is 22.8. The zero-order valence-electron chi connectivity index (χ0n) is 12.3. The maximum absolute atomic E-state index is 11.6. The number of aryl methyl sites for hydroxylation is 1. The molecule has 1 aliphatic heterocycles. The Labute approximate surface area is 123 Å². The molecule has 0 spiro atoms. The lowest BCUT2D eigenvalue weighted by Gasteiger charge is -2.23. The highest BCUT2D eigenvalue weighted by atomic mass is 16.5. The summed E-state index contributed by atoms with van der Waals surface area (Å²) in [5, 5.41) is 0. The molecule has 21 heavy (non-hydrogen) atoms. The van der Waals surface area contributed by atoms with Gasteiger partial charge in [0.2, 0.25) is 5.91 Å². The number of hydrogen-bond donors (Lipinski definition) is 2. The van der Waals surface area contributed by atoms with Gasteiger partial charge in [-0.05, 0) is 32.9 Å². The number of nitrogens with zero attached hydrogens (tertiary/aromatic N) is 1. The predicted molar refractivity (Wildman–Crippen MR) is 76.9 cm³/mol. The fourth-order valence-electron chi connectivity index (χ4n) is 2.40. The Hall–Kier alpha value is -2.37. The smallest absolute Gasteiger partial charge is 0.261 e. The van der Waals surface area contributed by atoms with Crippen molar-refractivity contribution in [1.29, 1.82) is 0 Å². The minimum absolute atomic E-state index is 0.0865. The number of nitrogens with two attached hydrogens (primary N) is 2. The molecule has 2 unspecified atom stereocenters. The van der Waals surface area contributed by atoms with E-state index in [0.717, 1.165) is 11.4 Å². The second kappa shape index (κ2) is 5.20. The molecule has 2 amide bonds. The van der Waals surface area contributed by atoms with E-state index in [1.165, 1.54) is 0 Å². The van der Waals surface area contributed by atoms with Crippen molar-refractivity contribution in [3.05, 3.63) is 40.9 Å². The molecule has 1 aromatic heterocycles. The Morgan fingerprint density at radius 1 is 1.38 bits per heavy atom. The summed E-state index contributed by atoms with van der Waals surface area (Å²) >= 11 is 0. The molecule has 0 aromatic carbocycles. The third-order valence-corrected chi connectivity index (χ3v) is 3.71. The summed E-state index contributed by atoms with van der Waals surface area (Å²) < 4.78 is 5.70. The van der Waals surface area contributed by atoms with E-state index in [4.69, 9.17) is 16.2 Å². The van der Waals surface area contributed by atoms with Gasteiger partial charge in [0.1, 0.15) is 5.76 Å². The van der Waals surface area contributed by atoms with E-state index in [9.17, 15) is 9.59 Å². The zero-order valence-corrected chi connectivity index (χ0v) is 12.3. The molecule has 0 fully saturated rings. The standard InChI is InChI=1S/C15H19N3O3/c1-8-5-4-6-11(18-8)9(2)12-10(13(16)19)7-15(3,21-12)14(17)20/h4-6,9H,7H2,1-3H3,(H2,16,19)(H2,17,20). The van der Waals surface area contributed by atoms with Gasteiger partial charge in [0, 0.05) is 12.1 Å². The highest BCUT2D eigenvalue weighted by Crippen LogP contribution is 2.40. The van der Waals surface area contributed by atoms with Gasteiger partial charge in [-0.2, -0.15) is 0 Å². The number of allylic oxidation sites excluding steroid dienone is 1. The van der Waals surface area contributed by atoms with Gasteiger partial charge in [0.15, 0.2) is 5.60 Å². The van der Waals surface area contributed by atoms with Crippen molar-refractivity contribution < 1.29 is 14.3 Å². The number of ether oxygens (including phenoxy) is 1. The Bertz CT molecular complexity index is 639. The average molecular weight is 289 g/mol. The van der Waals surface area contributed by atoms with Crippen LogP contribution >= 0.6 is 0 Å². The average Bonchev–Trinajstić information content (AvgIpc) is 2.78. The molecule has 6 heteroatoms. The summed E-state index contributed by atoms with van der Waals surface area (Å²) in [5.41, 5.74) is 11.4. The van der Waals surface area contributed by atoms with Crippen LogP contribution in [0.25, 0.3) is 0 Å². The van der Waals surface area contributed by atoms with Crippen LogP contribution in [0, 0.1) is 6.92 Å². The second-order valence-electron chi connectivity index (χ2n) is 5.51. The summed E-state index contributed by atoms with van der Waals surface area (Å²) in [5.74, 6) is -1.13. The lowest BCUT2D eigenvalue weighted by molar-refractivity contribution is -0.134. The Morgan fingerprint density at radius 3 is 2.57 bits per heavy atom. The number of carbonyl (C=O) groups excluding carboxylic acids is 2. The van der Waals surface area contributed by atoms with Gasteiger partial charge in [-0.3, -0.25) is 14.6 Å². The zero-order chi connectivity index (χ0) is 15.8. The first-order valence-corrected chi connectivity index (χ1v) is 6.70. The highest BCUT2D eigenvalue weighted by Gasteiger charge is 2.45. The molecule has 112 valence electrons. The van der Waals surface area contributed by atoms with E-state index in [0.29, 0.717) is 11.3 Å². The van der Waals surface area contributed by atoms with Crippen LogP contribution in [0.4, 0.5) is 0 Å². The van der Waals surface area contributed by atoms with Crippen molar-refractivity contribution in [1.82, 2.24) is 4.98 Å². The third kappa shape index (κ3) is 2.74. The topological polar surface area (TPSA) is 108 Å². The van der Waals surface area contributed by atoms with Crippen molar-refractivity contribution in [2.75, 3.05) is 0 Å². The SMILES string of the molecule is Cc1cccc(C(C)C2=C(C(N)=O)CC(C)(C(N)=O)O2)n1. The fraction of sp³-hybridized carbons (Fsp3) is 0.400. The van der Waals surface area contributed by atoms with E-state index in [2.05, 4.69) is 4.98 Å². The lowest BCUT2D eigenvalue weighted by Crippen LogP contribution is -2.41. The lowest BCUT2D eigenvalue weighted by atomic mass is 9.95.